The third-order valence-electron chi connectivity index (χ3n) is 4.85. The molecule has 1 aromatic heterocycles. The topological polar surface area (TPSA) is 350 Å². The molecule has 2 heterocycles. The van der Waals surface area contributed by atoms with E-state index in [1.807, 2.05) is 0 Å². The van der Waals surface area contributed by atoms with Crippen LogP contribution in [0, 0.1) is 0 Å². The Kier molecular flexibility index (Phi) is 12.3. The van der Waals surface area contributed by atoms with E-state index in [0.29, 0.717) is 12.0 Å². The lowest BCUT2D eigenvalue weighted by Crippen LogP contribution is -2.37. The second-order valence-electron chi connectivity index (χ2n) is 7.11. The van der Waals surface area contributed by atoms with Crippen LogP contribution in [0.4, 0.5) is 0 Å². The Balaban J connectivity index is 0.00000385. The standard InChI is InChI=1S/C14H22NO14P3.3H3N/c16-11-10(7-26-31(22,23)29-32(24,25)28-30(19,20)21)27-14(12(11)17)15-6-5-8-3-1-2-4-9(8)13(15)18;;;/h5-6,10-12,14,16-17H,1-4,7H2,(H,22,23)(H,24,25)(H2,19,20,21);3*1H3/t10-,11-,12-,14-;;;/m1.../s1. The summed E-state index contributed by atoms with van der Waals surface area (Å²) in [5.74, 6) is 0. The first kappa shape index (κ1) is 34.1. The summed E-state index contributed by atoms with van der Waals surface area (Å²) >= 11 is 0. The molecule has 15 N–H and O–H groups in total. The quantitative estimate of drug-likeness (QED) is 0.202. The Hall–Kier alpha value is -0.880. The molecule has 1 aliphatic heterocycles. The lowest BCUT2D eigenvalue weighted by atomic mass is 9.93. The number of quaternary nitrogens is 3. The molecule has 0 aromatic carbocycles. The summed E-state index contributed by atoms with van der Waals surface area (Å²) in [6.07, 6.45) is -1.96. The Labute approximate surface area is 199 Å². The van der Waals surface area contributed by atoms with Gasteiger partial charge in [-0.25, -0.2) is 8.62 Å². The van der Waals surface area contributed by atoms with Crippen LogP contribution in [0.1, 0.15) is 30.2 Å². The molecule has 0 bridgehead atoms. The van der Waals surface area contributed by atoms with Crippen molar-refractivity contribution < 1.29 is 61.4 Å². The molecular formula is C14H31N4O14P3. The molecular weight excluding hydrogens is 541 g/mol. The van der Waals surface area contributed by atoms with Gasteiger partial charge in [-0.3, -0.25) is 23.1 Å². The van der Waals surface area contributed by atoms with Gasteiger partial charge in [0.1, 0.15) is 18.3 Å². The zero-order chi connectivity index (χ0) is 23.9. The van der Waals surface area contributed by atoms with Gasteiger partial charge in [-0.1, -0.05) is 0 Å². The fourth-order valence-corrected chi connectivity index (χ4v) is 6.40. The molecule has 1 aliphatic carbocycles. The number of pyridine rings is 1. The highest BCUT2D eigenvalue weighted by Gasteiger charge is 2.45. The molecule has 2 aliphatic rings. The number of phosphoric ester groups is 1. The lowest BCUT2D eigenvalue weighted by molar-refractivity contribution is -0.250. The SMILES string of the molecule is O=c1c2c(ccn1[C@@H]1O[C@H](COP(=O)([O-])OP(=O)([O-])OP(=O)([O-])O)[C@@H](O)[C@H]1O)CCCC2.[NH4+].[NH4+].[NH4+]. The van der Waals surface area contributed by atoms with Gasteiger partial charge in [0.25, 0.3) is 29.0 Å². The summed E-state index contributed by atoms with van der Waals surface area (Å²) in [7, 11) is -17.7. The highest BCUT2D eigenvalue weighted by atomic mass is 31.3. The van der Waals surface area contributed by atoms with E-state index in [2.05, 4.69) is 13.1 Å². The van der Waals surface area contributed by atoms with E-state index in [1.165, 1.54) is 6.20 Å². The molecule has 0 radical (unpaired) electrons. The molecule has 3 unspecified atom stereocenters. The third kappa shape index (κ3) is 8.59. The first-order chi connectivity index (χ1) is 14.7. The largest absolute Gasteiger partial charge is 0.756 e. The first-order valence-electron chi connectivity index (χ1n) is 9.17. The average Bonchev–Trinajstić information content (AvgIpc) is 2.92. The van der Waals surface area contributed by atoms with Crippen LogP contribution < -0.4 is 38.7 Å². The molecule has 0 amide bonds. The summed E-state index contributed by atoms with van der Waals surface area (Å²) in [5.41, 5.74) is 0.977. The highest BCUT2D eigenvalue weighted by Crippen LogP contribution is 2.61. The minimum atomic E-state index is -6.08. The van der Waals surface area contributed by atoms with E-state index >= 15 is 0 Å². The predicted molar refractivity (Wildman–Crippen MR) is 114 cm³/mol. The monoisotopic (exact) mass is 572 g/mol. The van der Waals surface area contributed by atoms with Gasteiger partial charge >= 0.3 is 0 Å². The van der Waals surface area contributed by atoms with E-state index in [0.717, 1.165) is 29.4 Å². The summed E-state index contributed by atoms with van der Waals surface area (Å²) in [6.45, 7) is -1.07. The average molecular weight is 572 g/mol. The molecule has 3 rings (SSSR count). The number of aromatic nitrogens is 1. The van der Waals surface area contributed by atoms with Crippen LogP contribution in [0.3, 0.4) is 0 Å². The molecule has 206 valence electrons. The van der Waals surface area contributed by atoms with Crippen LogP contribution in [0.2, 0.25) is 0 Å². The number of aliphatic hydroxyl groups excluding tert-OH is 2. The van der Waals surface area contributed by atoms with Crippen molar-refractivity contribution >= 4 is 23.5 Å². The van der Waals surface area contributed by atoms with Crippen molar-refractivity contribution in [2.24, 2.45) is 0 Å². The van der Waals surface area contributed by atoms with Crippen LogP contribution >= 0.6 is 23.5 Å². The molecule has 0 spiro atoms. The minimum Gasteiger partial charge on any atom is -0.756 e. The number of rotatable bonds is 8. The first-order valence-corrected chi connectivity index (χ1v) is 13.6. The Morgan fingerprint density at radius 2 is 1.60 bits per heavy atom. The molecule has 0 saturated carbocycles. The van der Waals surface area contributed by atoms with Gasteiger partial charge in [-0.2, -0.15) is 0 Å². The summed E-state index contributed by atoms with van der Waals surface area (Å²) in [6, 6.07) is 1.68. The number of fused-ring (bicyclic) bond motifs is 1. The molecule has 1 saturated heterocycles. The second-order valence-corrected chi connectivity index (χ2v) is 11.4. The van der Waals surface area contributed by atoms with Crippen molar-refractivity contribution in [3.8, 4) is 0 Å². The fraction of sp³-hybridized carbons (Fsp3) is 0.643. The molecule has 21 heteroatoms. The molecule has 35 heavy (non-hydrogen) atoms. The van der Waals surface area contributed by atoms with Crippen LogP contribution in [-0.2, 0) is 44.4 Å². The van der Waals surface area contributed by atoms with Crippen molar-refractivity contribution in [2.45, 2.75) is 50.2 Å². The van der Waals surface area contributed by atoms with Gasteiger partial charge < -0.3 is 57.5 Å². The maximum atomic E-state index is 12.7. The number of hydrogen-bond acceptors (Lipinski definition) is 13. The summed E-state index contributed by atoms with van der Waals surface area (Å²) in [5, 5.41) is 20.4. The zero-order valence-electron chi connectivity index (χ0n) is 19.1. The highest BCUT2D eigenvalue weighted by molar-refractivity contribution is 7.65. The van der Waals surface area contributed by atoms with E-state index in [1.54, 1.807) is 6.07 Å². The van der Waals surface area contributed by atoms with E-state index < -0.39 is 60.2 Å². The van der Waals surface area contributed by atoms with E-state index in [9.17, 15) is 43.4 Å². The van der Waals surface area contributed by atoms with Crippen LogP contribution in [0.15, 0.2) is 17.1 Å². The Morgan fingerprint density at radius 1 is 1.00 bits per heavy atom. The second kappa shape index (κ2) is 12.6. The molecule has 1 aromatic rings. The smallest absolute Gasteiger partial charge is 0.280 e. The van der Waals surface area contributed by atoms with Crippen molar-refractivity contribution in [1.82, 2.24) is 23.0 Å². The number of hydrogen-bond donors (Lipinski definition) is 6. The van der Waals surface area contributed by atoms with Crippen LogP contribution in [-0.4, -0.2) is 44.6 Å². The van der Waals surface area contributed by atoms with Crippen LogP contribution in [0.5, 0.6) is 0 Å². The summed E-state index contributed by atoms with van der Waals surface area (Å²) < 4.78 is 50.6. The number of aliphatic hydroxyl groups is 2. The Bertz CT molecular complexity index is 1060. The molecule has 1 fully saturated rings. The molecule has 18 nitrogen and oxygen atoms in total. The third-order valence-corrected chi connectivity index (χ3v) is 8.54. The van der Waals surface area contributed by atoms with Crippen molar-refractivity contribution in [3.63, 3.8) is 0 Å². The number of ether oxygens (including phenoxy) is 1. The van der Waals surface area contributed by atoms with E-state index in [4.69, 9.17) is 9.63 Å². The maximum absolute atomic E-state index is 12.7. The minimum absolute atomic E-state index is 0. The van der Waals surface area contributed by atoms with Crippen molar-refractivity contribution in [1.29, 1.82) is 0 Å². The van der Waals surface area contributed by atoms with Gasteiger partial charge in [0.15, 0.2) is 6.23 Å². The van der Waals surface area contributed by atoms with Gasteiger partial charge in [0, 0.05) is 11.8 Å². The fourth-order valence-electron chi connectivity index (χ4n) is 3.50. The van der Waals surface area contributed by atoms with Crippen molar-refractivity contribution in [2.75, 3.05) is 6.61 Å². The van der Waals surface area contributed by atoms with Gasteiger partial charge in [0.05, 0.1) is 6.61 Å². The number of aryl methyl sites for hydroxylation is 1. The molecule has 7 atom stereocenters. The predicted octanol–water partition coefficient (Wildman–Crippen LogP) is -1.08. The van der Waals surface area contributed by atoms with Crippen molar-refractivity contribution in [3.05, 3.63) is 33.7 Å². The maximum Gasteiger partial charge on any atom is 0.280 e. The normalized spacial score (nSPS) is 28.6. The summed E-state index contributed by atoms with van der Waals surface area (Å²) in [4.78, 5) is 54.4. The van der Waals surface area contributed by atoms with Gasteiger partial charge in [0.2, 0.25) is 0 Å². The van der Waals surface area contributed by atoms with E-state index in [-0.39, 0.29) is 18.5 Å². The lowest BCUT2D eigenvalue weighted by Gasteiger charge is -2.33. The number of phosphoric acid groups is 3. The van der Waals surface area contributed by atoms with Gasteiger partial charge in [-0.15, -0.1) is 0 Å². The van der Waals surface area contributed by atoms with Crippen LogP contribution in [0.25, 0.3) is 0 Å². The zero-order valence-corrected chi connectivity index (χ0v) is 21.8. The van der Waals surface area contributed by atoms with Gasteiger partial charge in [-0.05, 0) is 37.3 Å². The Morgan fingerprint density at radius 3 is 2.20 bits per heavy atom. The number of nitrogens with zero attached hydrogens (tertiary/aromatic N) is 1.